The Labute approximate surface area is 89.3 Å². The standard InChI is InChI=1S/C6H14N2O2.Na.H/c1-3-8(7)4-5-10-6(2)9;;/h3-5,7H2,1-2H3;;. The van der Waals surface area contributed by atoms with Gasteiger partial charge in [-0.3, -0.25) is 10.6 Å². The van der Waals surface area contributed by atoms with E-state index in [1.165, 1.54) is 6.92 Å². The average molecular weight is 170 g/mol. The predicted octanol–water partition coefficient (Wildman–Crippen LogP) is -0.903. The molecular weight excluding hydrogens is 155 g/mol. The molecule has 0 aromatic heterocycles. The van der Waals surface area contributed by atoms with Crippen LogP contribution < -0.4 is 5.84 Å². The maximum absolute atomic E-state index is 10.2. The Bertz CT molecular complexity index is 111. The van der Waals surface area contributed by atoms with Gasteiger partial charge in [-0.15, -0.1) is 0 Å². The molecule has 0 amide bonds. The second-order valence-electron chi connectivity index (χ2n) is 1.97. The van der Waals surface area contributed by atoms with Gasteiger partial charge in [0.05, 0.1) is 0 Å². The summed E-state index contributed by atoms with van der Waals surface area (Å²) in [6.45, 7) is 5.05. The first-order valence-electron chi connectivity index (χ1n) is 3.29. The summed E-state index contributed by atoms with van der Waals surface area (Å²) < 4.78 is 4.65. The third kappa shape index (κ3) is 10.4. The van der Waals surface area contributed by atoms with Crippen molar-refractivity contribution in [2.75, 3.05) is 19.7 Å². The van der Waals surface area contributed by atoms with E-state index in [9.17, 15) is 4.79 Å². The number of carbonyl (C=O) groups is 1. The molecule has 0 aromatic rings. The number of nitrogens with zero attached hydrogens (tertiary/aromatic N) is 1. The van der Waals surface area contributed by atoms with E-state index in [0.717, 1.165) is 6.54 Å². The Morgan fingerprint density at radius 2 is 2.18 bits per heavy atom. The number of hydrazine groups is 1. The Hall–Kier alpha value is 0.390. The van der Waals surface area contributed by atoms with Crippen molar-refractivity contribution in [1.29, 1.82) is 0 Å². The van der Waals surface area contributed by atoms with Crippen LogP contribution in [0, 0.1) is 0 Å². The first kappa shape index (κ1) is 13.9. The van der Waals surface area contributed by atoms with Crippen molar-refractivity contribution in [3.05, 3.63) is 0 Å². The molecule has 0 aliphatic carbocycles. The van der Waals surface area contributed by atoms with Gasteiger partial charge >= 0.3 is 35.5 Å². The predicted molar refractivity (Wildman–Crippen MR) is 45.2 cm³/mol. The Morgan fingerprint density at radius 3 is 2.55 bits per heavy atom. The SMILES string of the molecule is CCN(N)CCOC(C)=O.[NaH]. The van der Waals surface area contributed by atoms with Gasteiger partial charge in [-0.1, -0.05) is 6.92 Å². The van der Waals surface area contributed by atoms with Gasteiger partial charge in [0.25, 0.3) is 0 Å². The van der Waals surface area contributed by atoms with Crippen molar-refractivity contribution in [2.24, 2.45) is 5.84 Å². The molecule has 0 heterocycles. The molecule has 0 rings (SSSR count). The summed E-state index contributed by atoms with van der Waals surface area (Å²) in [4.78, 5) is 10.2. The van der Waals surface area contributed by atoms with Crippen molar-refractivity contribution in [2.45, 2.75) is 13.8 Å². The van der Waals surface area contributed by atoms with Crippen LogP contribution in [0.5, 0.6) is 0 Å². The summed E-state index contributed by atoms with van der Waals surface area (Å²) in [5.74, 6) is 5.14. The molecule has 0 atom stereocenters. The van der Waals surface area contributed by atoms with E-state index in [0.29, 0.717) is 13.2 Å². The maximum atomic E-state index is 10.2. The first-order chi connectivity index (χ1) is 4.66. The number of esters is 1. The zero-order chi connectivity index (χ0) is 7.98. The summed E-state index contributed by atoms with van der Waals surface area (Å²) in [6.07, 6.45) is 0. The molecule has 0 aliphatic heterocycles. The molecule has 0 unspecified atom stereocenters. The van der Waals surface area contributed by atoms with E-state index < -0.39 is 0 Å². The van der Waals surface area contributed by atoms with Crippen molar-refractivity contribution < 1.29 is 9.53 Å². The zero-order valence-corrected chi connectivity index (χ0v) is 6.46. The molecule has 0 radical (unpaired) electrons. The van der Waals surface area contributed by atoms with Gasteiger partial charge in [-0.2, -0.15) is 0 Å². The van der Waals surface area contributed by atoms with E-state index in [-0.39, 0.29) is 35.5 Å². The van der Waals surface area contributed by atoms with E-state index in [1.54, 1.807) is 5.01 Å². The second-order valence-corrected chi connectivity index (χ2v) is 1.97. The number of hydrogen-bond acceptors (Lipinski definition) is 4. The van der Waals surface area contributed by atoms with Gasteiger partial charge in [0.2, 0.25) is 0 Å². The van der Waals surface area contributed by atoms with Crippen LogP contribution in [0.4, 0.5) is 0 Å². The van der Waals surface area contributed by atoms with Crippen molar-refractivity contribution in [1.82, 2.24) is 5.01 Å². The summed E-state index contributed by atoms with van der Waals surface area (Å²) in [6, 6.07) is 0. The van der Waals surface area contributed by atoms with Crippen molar-refractivity contribution in [3.63, 3.8) is 0 Å². The fraction of sp³-hybridized carbons (Fsp3) is 0.833. The van der Waals surface area contributed by atoms with Crippen LogP contribution in [0.1, 0.15) is 13.8 Å². The van der Waals surface area contributed by atoms with Gasteiger partial charge in [-0.25, -0.2) is 5.01 Å². The van der Waals surface area contributed by atoms with Crippen molar-refractivity contribution in [3.8, 4) is 0 Å². The minimum absolute atomic E-state index is 0. The second kappa shape index (κ2) is 8.49. The molecule has 0 saturated carbocycles. The molecule has 0 aliphatic rings. The number of ether oxygens (including phenoxy) is 1. The zero-order valence-electron chi connectivity index (χ0n) is 6.46. The Kier molecular flexibility index (Phi) is 10.8. The van der Waals surface area contributed by atoms with Gasteiger partial charge in [0, 0.05) is 20.0 Å². The van der Waals surface area contributed by atoms with E-state index in [4.69, 9.17) is 5.84 Å². The molecule has 2 N–H and O–H groups in total. The van der Waals surface area contributed by atoms with Crippen LogP contribution in [-0.2, 0) is 9.53 Å². The molecule has 0 bridgehead atoms. The normalized spacial score (nSPS) is 9.09. The van der Waals surface area contributed by atoms with Crippen LogP contribution in [0.3, 0.4) is 0 Å². The molecule has 4 nitrogen and oxygen atoms in total. The minimum atomic E-state index is -0.260. The molecular formula is C6H15N2NaO2. The quantitative estimate of drug-likeness (QED) is 0.257. The fourth-order valence-electron chi connectivity index (χ4n) is 0.465. The van der Waals surface area contributed by atoms with Crippen LogP contribution in [0.15, 0.2) is 0 Å². The third-order valence-electron chi connectivity index (χ3n) is 1.09. The number of rotatable bonds is 4. The number of hydrogen-bond donors (Lipinski definition) is 1. The first-order valence-corrected chi connectivity index (χ1v) is 3.29. The molecule has 0 aromatic carbocycles. The van der Waals surface area contributed by atoms with Gasteiger partial charge in [0.15, 0.2) is 0 Å². The third-order valence-corrected chi connectivity index (χ3v) is 1.09. The molecule has 0 spiro atoms. The van der Waals surface area contributed by atoms with Gasteiger partial charge in [0.1, 0.15) is 6.61 Å². The van der Waals surface area contributed by atoms with E-state index in [1.807, 2.05) is 6.92 Å². The monoisotopic (exact) mass is 170 g/mol. The number of nitrogens with two attached hydrogens (primary N) is 1. The summed E-state index contributed by atoms with van der Waals surface area (Å²) >= 11 is 0. The van der Waals surface area contributed by atoms with Gasteiger partial charge in [-0.05, 0) is 0 Å². The van der Waals surface area contributed by atoms with Crippen LogP contribution in [0.2, 0.25) is 0 Å². The number of carbonyl (C=O) groups excluding carboxylic acids is 1. The number of likely N-dealkylation sites (N-methyl/N-ethyl adjacent to an activating group) is 1. The molecule has 0 saturated heterocycles. The Balaban J connectivity index is 0. The molecule has 0 fully saturated rings. The van der Waals surface area contributed by atoms with E-state index >= 15 is 0 Å². The average Bonchev–Trinajstić information content (AvgIpc) is 1.87. The summed E-state index contributed by atoms with van der Waals surface area (Å²) in [7, 11) is 0. The van der Waals surface area contributed by atoms with E-state index in [2.05, 4.69) is 4.74 Å². The molecule has 62 valence electrons. The van der Waals surface area contributed by atoms with Crippen LogP contribution in [0.25, 0.3) is 0 Å². The van der Waals surface area contributed by atoms with Crippen molar-refractivity contribution >= 4 is 35.5 Å². The molecule has 11 heavy (non-hydrogen) atoms. The van der Waals surface area contributed by atoms with Crippen LogP contribution in [-0.4, -0.2) is 60.2 Å². The molecule has 5 heteroatoms. The summed E-state index contributed by atoms with van der Waals surface area (Å²) in [5, 5.41) is 1.59. The van der Waals surface area contributed by atoms with Gasteiger partial charge < -0.3 is 4.74 Å². The summed E-state index contributed by atoms with van der Waals surface area (Å²) in [5.41, 5.74) is 0. The van der Waals surface area contributed by atoms with Crippen LogP contribution >= 0.6 is 0 Å². The Morgan fingerprint density at radius 1 is 1.64 bits per heavy atom. The fourth-order valence-corrected chi connectivity index (χ4v) is 0.465. The topological polar surface area (TPSA) is 55.6 Å².